The van der Waals surface area contributed by atoms with E-state index < -0.39 is 0 Å². The topological polar surface area (TPSA) is 59.8 Å². The Labute approximate surface area is 171 Å². The number of amides is 1. The highest BCUT2D eigenvalue weighted by Gasteiger charge is 2.17. The molecule has 4 aromatic rings. The number of aryl methyl sites for hydroxylation is 1. The highest BCUT2D eigenvalue weighted by Crippen LogP contribution is 2.27. The number of carbonyl (C=O) groups is 1. The SMILES string of the molecule is CSc1ccccc1C(=O)Nc1cc(C)nn1-c1nc(-c2ccccc2)cs1. The summed E-state index contributed by atoms with van der Waals surface area (Å²) in [5, 5.41) is 10.2. The molecule has 140 valence electrons. The smallest absolute Gasteiger partial charge is 0.257 e. The van der Waals surface area contributed by atoms with Gasteiger partial charge in [-0.25, -0.2) is 4.98 Å². The Morgan fingerprint density at radius 1 is 1.11 bits per heavy atom. The molecule has 1 N–H and O–H groups in total. The average Bonchev–Trinajstić information content (AvgIpc) is 3.35. The zero-order chi connectivity index (χ0) is 19.5. The van der Waals surface area contributed by atoms with E-state index in [0.717, 1.165) is 21.8 Å². The second-order valence-corrected chi connectivity index (χ2v) is 7.80. The van der Waals surface area contributed by atoms with Gasteiger partial charge in [-0.15, -0.1) is 23.1 Å². The van der Waals surface area contributed by atoms with Gasteiger partial charge in [-0.2, -0.15) is 9.78 Å². The summed E-state index contributed by atoms with van der Waals surface area (Å²) >= 11 is 3.04. The minimum atomic E-state index is -0.161. The maximum absolute atomic E-state index is 12.8. The third kappa shape index (κ3) is 3.72. The van der Waals surface area contributed by atoms with Crippen LogP contribution in [0, 0.1) is 6.92 Å². The molecule has 5 nitrogen and oxygen atoms in total. The number of anilines is 1. The lowest BCUT2D eigenvalue weighted by Gasteiger charge is -2.09. The van der Waals surface area contributed by atoms with E-state index in [0.29, 0.717) is 16.5 Å². The fraction of sp³-hybridized carbons (Fsp3) is 0.0952. The van der Waals surface area contributed by atoms with E-state index in [4.69, 9.17) is 4.98 Å². The monoisotopic (exact) mass is 406 g/mol. The molecule has 0 atom stereocenters. The molecule has 7 heteroatoms. The Hall–Kier alpha value is -2.90. The number of nitrogens with zero attached hydrogens (tertiary/aromatic N) is 3. The van der Waals surface area contributed by atoms with Gasteiger partial charge in [0.25, 0.3) is 5.91 Å². The summed E-state index contributed by atoms with van der Waals surface area (Å²) < 4.78 is 1.69. The van der Waals surface area contributed by atoms with Gasteiger partial charge in [0.1, 0.15) is 5.82 Å². The molecule has 0 aliphatic heterocycles. The van der Waals surface area contributed by atoms with Crippen LogP contribution in [0.15, 0.2) is 70.9 Å². The Balaban J connectivity index is 1.65. The lowest BCUT2D eigenvalue weighted by Crippen LogP contribution is -2.15. The van der Waals surface area contributed by atoms with Crippen LogP contribution in [0.3, 0.4) is 0 Å². The summed E-state index contributed by atoms with van der Waals surface area (Å²) in [6, 6.07) is 19.4. The number of aromatic nitrogens is 3. The molecule has 2 aromatic carbocycles. The van der Waals surface area contributed by atoms with Crippen molar-refractivity contribution in [3.63, 3.8) is 0 Å². The largest absolute Gasteiger partial charge is 0.306 e. The zero-order valence-electron chi connectivity index (χ0n) is 15.4. The molecular formula is C21H18N4OS2. The third-order valence-electron chi connectivity index (χ3n) is 4.17. The van der Waals surface area contributed by atoms with E-state index in [2.05, 4.69) is 10.4 Å². The highest BCUT2D eigenvalue weighted by atomic mass is 32.2. The van der Waals surface area contributed by atoms with E-state index in [1.807, 2.05) is 79.2 Å². The van der Waals surface area contributed by atoms with Gasteiger partial charge in [-0.1, -0.05) is 42.5 Å². The summed E-state index contributed by atoms with van der Waals surface area (Å²) in [6.07, 6.45) is 1.96. The van der Waals surface area contributed by atoms with Crippen LogP contribution < -0.4 is 5.32 Å². The molecule has 28 heavy (non-hydrogen) atoms. The van der Waals surface area contributed by atoms with E-state index in [1.54, 1.807) is 16.4 Å². The van der Waals surface area contributed by atoms with Crippen LogP contribution in [-0.4, -0.2) is 26.9 Å². The van der Waals surface area contributed by atoms with Gasteiger partial charge in [-0.3, -0.25) is 4.79 Å². The predicted octanol–water partition coefficient (Wildman–Crippen LogP) is 5.28. The van der Waals surface area contributed by atoms with E-state index in [9.17, 15) is 4.79 Å². The fourth-order valence-corrected chi connectivity index (χ4v) is 4.24. The standard InChI is InChI=1S/C21H18N4OS2/c1-14-12-19(23-20(26)16-10-6-7-11-18(16)27-2)25(24-14)21-22-17(13-28-21)15-8-4-3-5-9-15/h3-13H,1-2H3,(H,23,26). The quantitative estimate of drug-likeness (QED) is 0.458. The fourth-order valence-electron chi connectivity index (χ4n) is 2.85. The van der Waals surface area contributed by atoms with E-state index >= 15 is 0 Å². The molecule has 0 aliphatic carbocycles. The average molecular weight is 407 g/mol. The van der Waals surface area contributed by atoms with Crippen LogP contribution in [0.5, 0.6) is 0 Å². The Bertz CT molecular complexity index is 1120. The number of rotatable bonds is 5. The summed E-state index contributed by atoms with van der Waals surface area (Å²) in [6.45, 7) is 1.90. The molecule has 0 radical (unpaired) electrons. The number of hydrogen-bond donors (Lipinski definition) is 1. The molecule has 2 heterocycles. The van der Waals surface area contributed by atoms with Crippen molar-refractivity contribution in [1.82, 2.24) is 14.8 Å². The zero-order valence-corrected chi connectivity index (χ0v) is 17.1. The molecule has 0 aliphatic rings. The lowest BCUT2D eigenvalue weighted by molar-refractivity contribution is 0.102. The molecule has 0 unspecified atom stereocenters. The highest BCUT2D eigenvalue weighted by molar-refractivity contribution is 7.98. The van der Waals surface area contributed by atoms with Gasteiger partial charge >= 0.3 is 0 Å². The number of benzene rings is 2. The predicted molar refractivity (Wildman–Crippen MR) is 116 cm³/mol. The molecule has 0 bridgehead atoms. The van der Waals surface area contributed by atoms with E-state index in [-0.39, 0.29) is 5.91 Å². The van der Waals surface area contributed by atoms with Crippen LogP contribution in [0.25, 0.3) is 16.4 Å². The van der Waals surface area contributed by atoms with Gasteiger partial charge in [0.05, 0.1) is 17.0 Å². The Kier molecular flexibility index (Phi) is 5.27. The first-order chi connectivity index (χ1) is 13.7. The lowest BCUT2D eigenvalue weighted by atomic mass is 10.2. The van der Waals surface area contributed by atoms with Crippen molar-refractivity contribution in [2.75, 3.05) is 11.6 Å². The van der Waals surface area contributed by atoms with Crippen molar-refractivity contribution in [2.45, 2.75) is 11.8 Å². The van der Waals surface area contributed by atoms with Crippen LogP contribution in [0.4, 0.5) is 5.82 Å². The first kappa shape index (κ1) is 18.5. The van der Waals surface area contributed by atoms with Crippen molar-refractivity contribution in [1.29, 1.82) is 0 Å². The van der Waals surface area contributed by atoms with E-state index in [1.165, 1.54) is 11.3 Å². The molecule has 0 saturated carbocycles. The molecular weight excluding hydrogens is 388 g/mol. The molecule has 1 amide bonds. The molecule has 0 saturated heterocycles. The minimum Gasteiger partial charge on any atom is -0.306 e. The number of nitrogens with one attached hydrogen (secondary N) is 1. The molecule has 2 aromatic heterocycles. The number of carbonyl (C=O) groups excluding carboxylic acids is 1. The summed E-state index contributed by atoms with van der Waals surface area (Å²) in [7, 11) is 0. The van der Waals surface area contributed by atoms with Crippen molar-refractivity contribution in [2.24, 2.45) is 0 Å². The van der Waals surface area contributed by atoms with Gasteiger partial charge in [0, 0.05) is 21.9 Å². The molecule has 0 spiro atoms. The summed E-state index contributed by atoms with van der Waals surface area (Å²) in [5.74, 6) is 0.443. The van der Waals surface area contributed by atoms with Crippen LogP contribution >= 0.6 is 23.1 Å². The minimum absolute atomic E-state index is 0.161. The second-order valence-electron chi connectivity index (χ2n) is 6.12. The van der Waals surface area contributed by atoms with Gasteiger partial charge < -0.3 is 5.32 Å². The summed E-state index contributed by atoms with van der Waals surface area (Å²) in [4.78, 5) is 18.5. The van der Waals surface area contributed by atoms with Gasteiger partial charge in [0.15, 0.2) is 0 Å². The number of thioether (sulfide) groups is 1. The van der Waals surface area contributed by atoms with Crippen molar-refractivity contribution in [3.05, 3.63) is 77.3 Å². The normalized spacial score (nSPS) is 10.8. The Morgan fingerprint density at radius 3 is 2.64 bits per heavy atom. The maximum atomic E-state index is 12.8. The second kappa shape index (κ2) is 8.00. The van der Waals surface area contributed by atoms with Crippen molar-refractivity contribution >= 4 is 34.8 Å². The first-order valence-corrected chi connectivity index (χ1v) is 10.8. The summed E-state index contributed by atoms with van der Waals surface area (Å²) in [5.41, 5.74) is 3.39. The van der Waals surface area contributed by atoms with Gasteiger partial charge in [-0.05, 0) is 25.3 Å². The van der Waals surface area contributed by atoms with Crippen LogP contribution in [0.2, 0.25) is 0 Å². The molecule has 4 rings (SSSR count). The van der Waals surface area contributed by atoms with Crippen LogP contribution in [-0.2, 0) is 0 Å². The Morgan fingerprint density at radius 2 is 1.86 bits per heavy atom. The number of hydrogen-bond acceptors (Lipinski definition) is 5. The van der Waals surface area contributed by atoms with Crippen molar-refractivity contribution in [3.8, 4) is 16.4 Å². The number of thiazole rings is 1. The molecule has 0 fully saturated rings. The van der Waals surface area contributed by atoms with Crippen LogP contribution in [0.1, 0.15) is 16.1 Å². The maximum Gasteiger partial charge on any atom is 0.257 e. The van der Waals surface area contributed by atoms with Crippen molar-refractivity contribution < 1.29 is 4.79 Å². The first-order valence-electron chi connectivity index (χ1n) is 8.68. The third-order valence-corrected chi connectivity index (χ3v) is 5.78. The van der Waals surface area contributed by atoms with Gasteiger partial charge in [0.2, 0.25) is 5.13 Å².